The van der Waals surface area contributed by atoms with Crippen LogP contribution in [0, 0.1) is 0 Å². The molecule has 1 rings (SSSR count). The molecule has 78 valence electrons. The molecule has 1 aromatic carbocycles. The summed E-state index contributed by atoms with van der Waals surface area (Å²) in [6, 6.07) is 8.12. The predicted molar refractivity (Wildman–Crippen MR) is 60.3 cm³/mol. The van der Waals surface area contributed by atoms with E-state index < -0.39 is 0 Å². The number of unbranched alkanes of at least 4 members (excludes halogenated alkanes) is 2. The molecule has 0 heterocycles. The smallest absolute Gasteiger partial charge is 0.0462 e. The van der Waals surface area contributed by atoms with Crippen molar-refractivity contribution in [2.45, 2.75) is 25.7 Å². The van der Waals surface area contributed by atoms with Gasteiger partial charge in [0.05, 0.1) is 0 Å². The molecular weight excluding hydrogens is 174 g/mol. The van der Waals surface area contributed by atoms with Gasteiger partial charge < -0.3 is 10.5 Å². The summed E-state index contributed by atoms with van der Waals surface area (Å²) in [5, 5.41) is 0. The van der Waals surface area contributed by atoms with Crippen molar-refractivity contribution < 1.29 is 4.74 Å². The van der Waals surface area contributed by atoms with Gasteiger partial charge in [0.25, 0.3) is 0 Å². The monoisotopic (exact) mass is 193 g/mol. The van der Waals surface area contributed by atoms with E-state index in [1.165, 1.54) is 18.4 Å². The van der Waals surface area contributed by atoms with E-state index in [1.54, 1.807) is 7.11 Å². The lowest BCUT2D eigenvalue weighted by atomic mass is 10.1. The fourth-order valence-corrected chi connectivity index (χ4v) is 1.50. The molecule has 2 heteroatoms. The average molecular weight is 193 g/mol. The zero-order valence-corrected chi connectivity index (χ0v) is 8.83. The van der Waals surface area contributed by atoms with Crippen molar-refractivity contribution in [1.82, 2.24) is 0 Å². The van der Waals surface area contributed by atoms with Crippen LogP contribution in [0.1, 0.15) is 24.8 Å². The minimum absolute atomic E-state index is 0.861. The Bertz CT molecular complexity index is 260. The Kier molecular flexibility index (Phi) is 5.08. The van der Waals surface area contributed by atoms with Gasteiger partial charge in [-0.1, -0.05) is 18.6 Å². The molecule has 0 atom stereocenters. The fourth-order valence-electron chi connectivity index (χ4n) is 1.50. The van der Waals surface area contributed by atoms with E-state index >= 15 is 0 Å². The Morgan fingerprint density at radius 1 is 1.21 bits per heavy atom. The molecule has 0 fully saturated rings. The minimum Gasteiger partial charge on any atom is -0.399 e. The van der Waals surface area contributed by atoms with Crippen LogP contribution in [0.5, 0.6) is 0 Å². The van der Waals surface area contributed by atoms with Gasteiger partial charge in [-0.2, -0.15) is 0 Å². The van der Waals surface area contributed by atoms with Crippen molar-refractivity contribution >= 4 is 5.69 Å². The van der Waals surface area contributed by atoms with E-state index in [2.05, 4.69) is 12.1 Å². The highest BCUT2D eigenvalue weighted by Gasteiger charge is 1.94. The van der Waals surface area contributed by atoms with Crippen molar-refractivity contribution in [3.8, 4) is 0 Å². The van der Waals surface area contributed by atoms with Crippen LogP contribution in [0.15, 0.2) is 24.3 Å². The zero-order valence-electron chi connectivity index (χ0n) is 8.83. The first kappa shape index (κ1) is 11.1. The van der Waals surface area contributed by atoms with Crippen LogP contribution >= 0.6 is 0 Å². The molecule has 0 aliphatic carbocycles. The number of hydrogen-bond acceptors (Lipinski definition) is 2. The number of anilines is 1. The highest BCUT2D eigenvalue weighted by atomic mass is 16.5. The molecule has 0 unspecified atom stereocenters. The highest BCUT2D eigenvalue weighted by molar-refractivity contribution is 5.40. The number of rotatable bonds is 6. The first-order valence-electron chi connectivity index (χ1n) is 5.16. The summed E-state index contributed by atoms with van der Waals surface area (Å²) in [4.78, 5) is 0. The molecule has 0 saturated heterocycles. The van der Waals surface area contributed by atoms with Gasteiger partial charge in [0, 0.05) is 19.4 Å². The van der Waals surface area contributed by atoms with Crippen LogP contribution in [-0.4, -0.2) is 13.7 Å². The van der Waals surface area contributed by atoms with E-state index in [-0.39, 0.29) is 0 Å². The topological polar surface area (TPSA) is 35.2 Å². The molecule has 0 spiro atoms. The van der Waals surface area contributed by atoms with Gasteiger partial charge in [-0.15, -0.1) is 0 Å². The summed E-state index contributed by atoms with van der Waals surface area (Å²) in [6.45, 7) is 0.872. The van der Waals surface area contributed by atoms with Crippen LogP contribution in [0.4, 0.5) is 5.69 Å². The molecule has 2 nitrogen and oxygen atoms in total. The number of nitrogens with two attached hydrogens (primary N) is 1. The second-order valence-corrected chi connectivity index (χ2v) is 3.55. The quantitative estimate of drug-likeness (QED) is 0.557. The van der Waals surface area contributed by atoms with Crippen LogP contribution in [-0.2, 0) is 11.2 Å². The third-order valence-electron chi connectivity index (χ3n) is 2.26. The Morgan fingerprint density at radius 2 is 2.07 bits per heavy atom. The maximum Gasteiger partial charge on any atom is 0.0462 e. The third-order valence-corrected chi connectivity index (χ3v) is 2.26. The molecular formula is C12H19NO. The lowest BCUT2D eigenvalue weighted by molar-refractivity contribution is 0.192. The van der Waals surface area contributed by atoms with Crippen molar-refractivity contribution in [1.29, 1.82) is 0 Å². The van der Waals surface area contributed by atoms with Crippen molar-refractivity contribution in [2.24, 2.45) is 0 Å². The van der Waals surface area contributed by atoms with E-state index in [0.717, 1.165) is 25.1 Å². The van der Waals surface area contributed by atoms with Crippen LogP contribution in [0.2, 0.25) is 0 Å². The molecule has 14 heavy (non-hydrogen) atoms. The fraction of sp³-hybridized carbons (Fsp3) is 0.500. The molecule has 0 saturated carbocycles. The lowest BCUT2D eigenvalue weighted by Crippen LogP contribution is -1.92. The Labute approximate surface area is 86.1 Å². The second kappa shape index (κ2) is 6.44. The summed E-state index contributed by atoms with van der Waals surface area (Å²) >= 11 is 0. The van der Waals surface area contributed by atoms with Gasteiger partial charge in [0.1, 0.15) is 0 Å². The molecule has 1 aromatic rings. The predicted octanol–water partition coefficient (Wildman–Crippen LogP) is 2.63. The molecule has 0 aromatic heterocycles. The first-order chi connectivity index (χ1) is 6.83. The molecule has 0 aliphatic heterocycles. The van der Waals surface area contributed by atoms with Gasteiger partial charge in [0.2, 0.25) is 0 Å². The van der Waals surface area contributed by atoms with Gasteiger partial charge in [-0.3, -0.25) is 0 Å². The maximum absolute atomic E-state index is 5.69. The summed E-state index contributed by atoms with van der Waals surface area (Å²) < 4.78 is 4.99. The SMILES string of the molecule is COCCCCCc1cccc(N)c1. The number of nitrogen functional groups attached to an aromatic ring is 1. The molecule has 0 aliphatic rings. The Morgan fingerprint density at radius 3 is 2.79 bits per heavy atom. The largest absolute Gasteiger partial charge is 0.399 e. The van der Waals surface area contributed by atoms with E-state index in [1.807, 2.05) is 12.1 Å². The van der Waals surface area contributed by atoms with Crippen molar-refractivity contribution in [3.63, 3.8) is 0 Å². The first-order valence-corrected chi connectivity index (χ1v) is 5.16. The van der Waals surface area contributed by atoms with Crippen LogP contribution in [0.25, 0.3) is 0 Å². The van der Waals surface area contributed by atoms with Crippen molar-refractivity contribution in [2.75, 3.05) is 19.5 Å². The minimum atomic E-state index is 0.861. The summed E-state index contributed by atoms with van der Waals surface area (Å²) in [6.07, 6.45) is 4.71. The number of benzene rings is 1. The summed E-state index contributed by atoms with van der Waals surface area (Å²) in [5.74, 6) is 0. The standard InChI is InChI=1S/C12H19NO/c1-14-9-4-2-3-6-11-7-5-8-12(13)10-11/h5,7-8,10H,2-4,6,9,13H2,1H3. The number of aryl methyl sites for hydroxylation is 1. The van der Waals surface area contributed by atoms with Gasteiger partial charge in [-0.25, -0.2) is 0 Å². The molecule has 0 amide bonds. The van der Waals surface area contributed by atoms with Crippen LogP contribution < -0.4 is 5.73 Å². The van der Waals surface area contributed by atoms with Crippen molar-refractivity contribution in [3.05, 3.63) is 29.8 Å². The normalized spacial score (nSPS) is 10.4. The number of hydrogen-bond donors (Lipinski definition) is 1. The summed E-state index contributed by atoms with van der Waals surface area (Å²) in [5.41, 5.74) is 7.89. The highest BCUT2D eigenvalue weighted by Crippen LogP contribution is 2.10. The van der Waals surface area contributed by atoms with Crippen LogP contribution in [0.3, 0.4) is 0 Å². The number of methoxy groups -OCH3 is 1. The Balaban J connectivity index is 2.18. The molecule has 2 N–H and O–H groups in total. The zero-order chi connectivity index (χ0) is 10.2. The molecule has 0 radical (unpaired) electrons. The summed E-state index contributed by atoms with van der Waals surface area (Å²) in [7, 11) is 1.75. The van der Waals surface area contributed by atoms with E-state index in [9.17, 15) is 0 Å². The maximum atomic E-state index is 5.69. The Hall–Kier alpha value is -1.02. The van der Waals surface area contributed by atoms with E-state index in [4.69, 9.17) is 10.5 Å². The average Bonchev–Trinajstić information content (AvgIpc) is 2.18. The number of ether oxygens (including phenoxy) is 1. The van der Waals surface area contributed by atoms with Gasteiger partial charge in [0.15, 0.2) is 0 Å². The van der Waals surface area contributed by atoms with E-state index in [0.29, 0.717) is 0 Å². The second-order valence-electron chi connectivity index (χ2n) is 3.55. The van der Waals surface area contributed by atoms with Gasteiger partial charge >= 0.3 is 0 Å². The van der Waals surface area contributed by atoms with Gasteiger partial charge in [-0.05, 0) is 37.0 Å². The molecule has 0 bridgehead atoms. The third kappa shape index (κ3) is 4.28. The lowest BCUT2D eigenvalue weighted by Gasteiger charge is -2.02.